The predicted molar refractivity (Wildman–Crippen MR) is 64.2 cm³/mol. The van der Waals surface area contributed by atoms with Gasteiger partial charge in [0.05, 0.1) is 12.1 Å². The zero-order valence-corrected chi connectivity index (χ0v) is 10.4. The van der Waals surface area contributed by atoms with E-state index in [9.17, 15) is 23.3 Å². The zero-order valence-electron chi connectivity index (χ0n) is 10.4. The largest absolute Gasteiger partial charge is 0.416 e. The first kappa shape index (κ1) is 14.0. The maximum atomic E-state index is 12.6. The van der Waals surface area contributed by atoms with E-state index >= 15 is 0 Å². The van der Waals surface area contributed by atoms with Crippen LogP contribution in [0.4, 0.5) is 19.0 Å². The summed E-state index contributed by atoms with van der Waals surface area (Å²) in [7, 11) is 0. The Balaban J connectivity index is 2.28. The molecule has 0 saturated carbocycles. The number of hydrogen-bond acceptors (Lipinski definition) is 3. The van der Waals surface area contributed by atoms with Crippen LogP contribution >= 0.6 is 0 Å². The van der Waals surface area contributed by atoms with Crippen LogP contribution in [-0.2, 0) is 12.7 Å². The highest BCUT2D eigenvalue weighted by Gasteiger charge is 2.30. The number of nitrogens with zero attached hydrogens (tertiary/aromatic N) is 3. The molecule has 0 bridgehead atoms. The van der Waals surface area contributed by atoms with Crippen LogP contribution in [0.15, 0.2) is 30.5 Å². The summed E-state index contributed by atoms with van der Waals surface area (Å²) >= 11 is 0. The first-order valence-electron chi connectivity index (χ1n) is 5.61. The summed E-state index contributed by atoms with van der Waals surface area (Å²) in [6, 6.07) is 4.83. The van der Waals surface area contributed by atoms with Gasteiger partial charge in [-0.2, -0.15) is 13.2 Å². The molecule has 0 amide bonds. The Kier molecular flexibility index (Phi) is 3.47. The lowest BCUT2D eigenvalue weighted by atomic mass is 10.1. The van der Waals surface area contributed by atoms with Crippen molar-refractivity contribution in [2.45, 2.75) is 19.6 Å². The van der Waals surface area contributed by atoms with Crippen LogP contribution in [0.25, 0.3) is 0 Å². The molecule has 0 N–H and O–H groups in total. The summed E-state index contributed by atoms with van der Waals surface area (Å²) in [6.45, 7) is 1.65. The van der Waals surface area contributed by atoms with Gasteiger partial charge < -0.3 is 14.7 Å². The van der Waals surface area contributed by atoms with Crippen LogP contribution in [0.5, 0.6) is 0 Å². The molecule has 0 aliphatic heterocycles. The van der Waals surface area contributed by atoms with Crippen LogP contribution < -0.4 is 0 Å². The maximum Gasteiger partial charge on any atom is 0.416 e. The molecule has 0 saturated heterocycles. The molecule has 0 aliphatic rings. The van der Waals surface area contributed by atoms with Gasteiger partial charge in [-0.3, -0.25) is 0 Å². The standard InChI is InChI=1S/C12H10F3N3O2/c1-8-16-11(18(19)20)7-17(8)6-9-3-2-4-10(5-9)12(13,14)15/h2-5,7H,6H2,1H3. The third kappa shape index (κ3) is 2.95. The van der Waals surface area contributed by atoms with Gasteiger partial charge in [0.2, 0.25) is 5.82 Å². The second kappa shape index (κ2) is 4.95. The van der Waals surface area contributed by atoms with Crippen LogP contribution in [-0.4, -0.2) is 14.5 Å². The van der Waals surface area contributed by atoms with E-state index in [1.54, 1.807) is 6.92 Å². The van der Waals surface area contributed by atoms with Gasteiger partial charge >= 0.3 is 12.0 Å². The minimum atomic E-state index is -4.41. The molecule has 0 unspecified atom stereocenters. The molecule has 106 valence electrons. The summed E-state index contributed by atoms with van der Waals surface area (Å²) in [6.07, 6.45) is -3.21. The molecule has 8 heteroatoms. The highest BCUT2D eigenvalue weighted by Crippen LogP contribution is 2.29. The summed E-state index contributed by atoms with van der Waals surface area (Å²) in [5.74, 6) is 0.0450. The number of aryl methyl sites for hydroxylation is 1. The fourth-order valence-corrected chi connectivity index (χ4v) is 1.78. The van der Waals surface area contributed by atoms with Gasteiger partial charge in [-0.1, -0.05) is 12.1 Å². The van der Waals surface area contributed by atoms with Crippen molar-refractivity contribution in [3.8, 4) is 0 Å². The first-order chi connectivity index (χ1) is 9.27. The van der Waals surface area contributed by atoms with E-state index < -0.39 is 16.7 Å². The first-order valence-corrected chi connectivity index (χ1v) is 5.61. The van der Waals surface area contributed by atoms with Crippen LogP contribution in [0.1, 0.15) is 17.0 Å². The fraction of sp³-hybridized carbons (Fsp3) is 0.250. The summed E-state index contributed by atoms with van der Waals surface area (Å²) < 4.78 is 39.2. The summed E-state index contributed by atoms with van der Waals surface area (Å²) in [4.78, 5) is 13.7. The quantitative estimate of drug-likeness (QED) is 0.642. The van der Waals surface area contributed by atoms with Crippen molar-refractivity contribution in [1.29, 1.82) is 0 Å². The molecule has 0 spiro atoms. The molecule has 1 aromatic carbocycles. The third-order valence-electron chi connectivity index (χ3n) is 2.76. The molecule has 5 nitrogen and oxygen atoms in total. The number of hydrogen-bond donors (Lipinski definition) is 0. The minimum absolute atomic E-state index is 0.0938. The second-order valence-corrected chi connectivity index (χ2v) is 4.23. The number of benzene rings is 1. The normalized spacial score (nSPS) is 11.6. The number of imidazole rings is 1. The Bertz CT molecular complexity index is 650. The SMILES string of the molecule is Cc1nc([N+](=O)[O-])cn1Cc1cccc(C(F)(F)F)c1. The van der Waals surface area contributed by atoms with E-state index in [2.05, 4.69) is 4.98 Å². The lowest BCUT2D eigenvalue weighted by Crippen LogP contribution is -2.07. The Hall–Kier alpha value is -2.38. The zero-order chi connectivity index (χ0) is 14.9. The molecule has 2 aromatic rings. The number of nitro groups is 1. The van der Waals surface area contributed by atoms with E-state index in [1.807, 2.05) is 0 Å². The van der Waals surface area contributed by atoms with Gasteiger partial charge in [0, 0.05) is 6.92 Å². The van der Waals surface area contributed by atoms with Crippen LogP contribution in [0.3, 0.4) is 0 Å². The Morgan fingerprint density at radius 1 is 1.40 bits per heavy atom. The molecule has 0 radical (unpaired) electrons. The van der Waals surface area contributed by atoms with Gasteiger partial charge in [-0.15, -0.1) is 0 Å². The van der Waals surface area contributed by atoms with Crippen molar-refractivity contribution in [1.82, 2.24) is 9.55 Å². The minimum Gasteiger partial charge on any atom is -0.358 e. The van der Waals surface area contributed by atoms with Crippen molar-refractivity contribution in [2.24, 2.45) is 0 Å². The van der Waals surface area contributed by atoms with Crippen molar-refractivity contribution >= 4 is 5.82 Å². The number of rotatable bonds is 3. The average molecular weight is 285 g/mol. The van der Waals surface area contributed by atoms with E-state index in [0.29, 0.717) is 11.4 Å². The molecule has 20 heavy (non-hydrogen) atoms. The molecule has 0 atom stereocenters. The smallest absolute Gasteiger partial charge is 0.358 e. The lowest BCUT2D eigenvalue weighted by molar-refractivity contribution is -0.389. The molecule has 2 rings (SSSR count). The van der Waals surface area contributed by atoms with E-state index in [0.717, 1.165) is 12.1 Å². The van der Waals surface area contributed by atoms with Gasteiger partial charge in [0.1, 0.15) is 6.20 Å². The van der Waals surface area contributed by atoms with Crippen molar-refractivity contribution in [2.75, 3.05) is 0 Å². The molecule has 1 aromatic heterocycles. The highest BCUT2D eigenvalue weighted by molar-refractivity contribution is 5.27. The van der Waals surface area contributed by atoms with Gasteiger partial charge in [0.25, 0.3) is 0 Å². The molecule has 0 fully saturated rings. The maximum absolute atomic E-state index is 12.6. The van der Waals surface area contributed by atoms with Crippen LogP contribution in [0, 0.1) is 17.0 Å². The van der Waals surface area contributed by atoms with Gasteiger partial charge in [-0.25, -0.2) is 0 Å². The summed E-state index contributed by atoms with van der Waals surface area (Å²) in [5.41, 5.74) is -0.350. The molecular weight excluding hydrogens is 275 g/mol. The van der Waals surface area contributed by atoms with E-state index in [1.165, 1.54) is 22.9 Å². The second-order valence-electron chi connectivity index (χ2n) is 4.23. The van der Waals surface area contributed by atoms with Crippen molar-refractivity contribution in [3.05, 3.63) is 57.5 Å². The topological polar surface area (TPSA) is 61.0 Å². The number of alkyl halides is 3. The Morgan fingerprint density at radius 2 is 2.10 bits per heavy atom. The van der Waals surface area contributed by atoms with Crippen molar-refractivity contribution < 1.29 is 18.1 Å². The van der Waals surface area contributed by atoms with E-state index in [4.69, 9.17) is 0 Å². The van der Waals surface area contributed by atoms with Gasteiger partial charge in [-0.05, 0) is 27.6 Å². The number of aromatic nitrogens is 2. The number of halogens is 3. The molecular formula is C12H10F3N3O2. The average Bonchev–Trinajstić information content (AvgIpc) is 2.70. The van der Waals surface area contributed by atoms with Crippen LogP contribution in [0.2, 0.25) is 0 Å². The predicted octanol–water partition coefficient (Wildman–Crippen LogP) is 3.17. The summed E-state index contributed by atoms with van der Waals surface area (Å²) in [5, 5.41) is 10.6. The Morgan fingerprint density at radius 3 is 2.65 bits per heavy atom. The Labute approximate surface area is 111 Å². The molecule has 0 aliphatic carbocycles. The highest BCUT2D eigenvalue weighted by atomic mass is 19.4. The van der Waals surface area contributed by atoms with Crippen molar-refractivity contribution in [3.63, 3.8) is 0 Å². The van der Waals surface area contributed by atoms with Gasteiger partial charge in [0.15, 0.2) is 0 Å². The fourth-order valence-electron chi connectivity index (χ4n) is 1.78. The monoisotopic (exact) mass is 285 g/mol. The molecule has 1 heterocycles. The van der Waals surface area contributed by atoms with E-state index in [-0.39, 0.29) is 12.4 Å². The lowest BCUT2D eigenvalue weighted by Gasteiger charge is -2.09. The third-order valence-corrected chi connectivity index (χ3v) is 2.76.